The molecular formula is C15H19N7O. The van der Waals surface area contributed by atoms with Crippen LogP contribution in [-0.4, -0.2) is 58.1 Å². The van der Waals surface area contributed by atoms with Crippen LogP contribution in [0.15, 0.2) is 37.1 Å². The second-order valence-electron chi connectivity index (χ2n) is 6.20. The molecule has 23 heavy (non-hydrogen) atoms. The first-order chi connectivity index (χ1) is 11.2. The largest absolute Gasteiger partial charge is 0.387 e. The first kappa shape index (κ1) is 14.3. The molecule has 120 valence electrons. The molecule has 0 aromatic carbocycles. The summed E-state index contributed by atoms with van der Waals surface area (Å²) in [6, 6.07) is 1.89. The zero-order chi connectivity index (χ0) is 15.7. The predicted octanol–water partition coefficient (Wildman–Crippen LogP) is 0.348. The Labute approximate surface area is 133 Å². The maximum Gasteiger partial charge on any atom is 0.233 e. The number of hydrogen-bond acceptors (Lipinski definition) is 6. The Hall–Kier alpha value is -2.32. The first-order valence-electron chi connectivity index (χ1n) is 7.78. The molecule has 4 rings (SSSR count). The highest BCUT2D eigenvalue weighted by Crippen LogP contribution is 2.24. The molecule has 1 N–H and O–H groups in total. The fourth-order valence-corrected chi connectivity index (χ4v) is 3.27. The summed E-state index contributed by atoms with van der Waals surface area (Å²) in [6.07, 6.45) is 10.8. The summed E-state index contributed by atoms with van der Waals surface area (Å²) < 4.78 is 3.61. The van der Waals surface area contributed by atoms with Gasteiger partial charge in [-0.3, -0.25) is 9.30 Å². The van der Waals surface area contributed by atoms with E-state index in [-0.39, 0.29) is 0 Å². The lowest BCUT2D eigenvalue weighted by Crippen LogP contribution is -2.50. The highest BCUT2D eigenvalue weighted by atomic mass is 16.3. The van der Waals surface area contributed by atoms with Gasteiger partial charge >= 0.3 is 0 Å². The van der Waals surface area contributed by atoms with Gasteiger partial charge in [-0.1, -0.05) is 5.21 Å². The van der Waals surface area contributed by atoms with Crippen molar-refractivity contribution in [2.45, 2.75) is 31.5 Å². The molecule has 1 saturated heterocycles. The van der Waals surface area contributed by atoms with Crippen LogP contribution in [0.3, 0.4) is 0 Å². The van der Waals surface area contributed by atoms with Gasteiger partial charge in [0.05, 0.1) is 24.0 Å². The molecule has 1 fully saturated rings. The zero-order valence-corrected chi connectivity index (χ0v) is 12.8. The minimum absolute atomic E-state index is 0.468. The van der Waals surface area contributed by atoms with Gasteiger partial charge < -0.3 is 5.11 Å². The molecule has 3 aromatic heterocycles. The number of aromatic nitrogens is 6. The molecule has 4 heterocycles. The molecule has 8 nitrogen and oxygen atoms in total. The second-order valence-corrected chi connectivity index (χ2v) is 6.20. The minimum Gasteiger partial charge on any atom is -0.387 e. The van der Waals surface area contributed by atoms with E-state index in [1.54, 1.807) is 23.3 Å². The normalized spacial score (nSPS) is 22.7. The maximum absolute atomic E-state index is 10.9. The van der Waals surface area contributed by atoms with Gasteiger partial charge in [0.2, 0.25) is 5.78 Å². The fourth-order valence-electron chi connectivity index (χ4n) is 3.27. The molecule has 0 aliphatic carbocycles. The van der Waals surface area contributed by atoms with Gasteiger partial charge in [0, 0.05) is 37.9 Å². The lowest BCUT2D eigenvalue weighted by molar-refractivity contribution is -0.0480. The van der Waals surface area contributed by atoms with E-state index in [2.05, 4.69) is 25.2 Å². The molecule has 0 amide bonds. The van der Waals surface area contributed by atoms with Crippen molar-refractivity contribution in [3.8, 4) is 0 Å². The molecule has 0 radical (unpaired) electrons. The van der Waals surface area contributed by atoms with Gasteiger partial charge in [-0.2, -0.15) is 0 Å². The summed E-state index contributed by atoms with van der Waals surface area (Å²) in [5.74, 6) is 0.706. The van der Waals surface area contributed by atoms with E-state index in [1.807, 2.05) is 22.9 Å². The van der Waals surface area contributed by atoms with Crippen molar-refractivity contribution in [3.63, 3.8) is 0 Å². The smallest absolute Gasteiger partial charge is 0.233 e. The highest BCUT2D eigenvalue weighted by Gasteiger charge is 2.34. The topological polar surface area (TPSA) is 84.4 Å². The van der Waals surface area contributed by atoms with Crippen molar-refractivity contribution in [3.05, 3.63) is 42.7 Å². The molecular weight excluding hydrogens is 294 g/mol. The molecule has 0 bridgehead atoms. The zero-order valence-electron chi connectivity index (χ0n) is 12.8. The van der Waals surface area contributed by atoms with Crippen LogP contribution in [0, 0.1) is 0 Å². The van der Waals surface area contributed by atoms with Crippen LogP contribution in [0.1, 0.15) is 18.5 Å². The number of piperidine rings is 1. The monoisotopic (exact) mass is 313 g/mol. The number of hydrogen-bond donors (Lipinski definition) is 1. The number of rotatable bonds is 4. The molecule has 1 atom stereocenters. The minimum atomic E-state index is -0.774. The molecule has 8 heteroatoms. The second kappa shape index (κ2) is 5.71. The summed E-state index contributed by atoms with van der Waals surface area (Å²) in [6.45, 7) is 2.74. The van der Waals surface area contributed by atoms with Gasteiger partial charge in [-0.25, -0.2) is 14.6 Å². The Balaban J connectivity index is 1.46. The summed E-state index contributed by atoms with van der Waals surface area (Å²) in [4.78, 5) is 11.0. The third-order valence-corrected chi connectivity index (χ3v) is 4.23. The van der Waals surface area contributed by atoms with Gasteiger partial charge in [0.15, 0.2) is 0 Å². The van der Waals surface area contributed by atoms with Crippen LogP contribution >= 0.6 is 0 Å². The van der Waals surface area contributed by atoms with E-state index in [1.165, 1.54) is 0 Å². The highest BCUT2D eigenvalue weighted by molar-refractivity contribution is 5.29. The number of nitrogens with zero attached hydrogens (tertiary/aromatic N) is 7. The summed E-state index contributed by atoms with van der Waals surface area (Å²) in [5.41, 5.74) is 0.192. The van der Waals surface area contributed by atoms with Crippen molar-refractivity contribution >= 4 is 5.78 Å². The molecule has 1 aliphatic heterocycles. The van der Waals surface area contributed by atoms with E-state index < -0.39 is 5.60 Å². The van der Waals surface area contributed by atoms with Crippen molar-refractivity contribution in [2.75, 3.05) is 13.1 Å². The molecule has 0 saturated carbocycles. The quantitative estimate of drug-likeness (QED) is 0.748. The number of likely N-dealkylation sites (tertiary alicyclic amines) is 1. The number of aliphatic hydroxyl groups is 1. The SMILES string of the molecule is OC1(Cn2ccnn2)CCCN(Cc2cn3cccnc3n2)C1. The van der Waals surface area contributed by atoms with Gasteiger partial charge in [0.25, 0.3) is 0 Å². The average molecular weight is 313 g/mol. The molecule has 3 aromatic rings. The summed E-state index contributed by atoms with van der Waals surface area (Å²) >= 11 is 0. The molecule has 1 unspecified atom stereocenters. The Morgan fingerprint density at radius 1 is 1.26 bits per heavy atom. The van der Waals surface area contributed by atoms with Crippen LogP contribution in [0.4, 0.5) is 0 Å². The number of fused-ring (bicyclic) bond motifs is 1. The predicted molar refractivity (Wildman–Crippen MR) is 82.5 cm³/mol. The van der Waals surface area contributed by atoms with Gasteiger partial charge in [-0.05, 0) is 25.5 Å². The molecule has 0 spiro atoms. The standard InChI is InChI=1S/C15H19N7O/c23-15(12-22-8-5-17-19-22)3-1-6-20(11-15)9-13-10-21-7-2-4-16-14(21)18-13/h2,4-5,7-8,10,23H,1,3,6,9,11-12H2. The van der Waals surface area contributed by atoms with E-state index in [0.717, 1.165) is 25.1 Å². The lowest BCUT2D eigenvalue weighted by Gasteiger charge is -2.38. The first-order valence-corrected chi connectivity index (χ1v) is 7.78. The average Bonchev–Trinajstić information content (AvgIpc) is 3.15. The summed E-state index contributed by atoms with van der Waals surface area (Å²) in [5, 5.41) is 18.6. The number of β-amino-alcohol motifs (C(OH)–C–C–N with tert-alkyl or cyclic N) is 1. The van der Waals surface area contributed by atoms with Crippen LogP contribution in [-0.2, 0) is 13.1 Å². The lowest BCUT2D eigenvalue weighted by atomic mass is 9.92. The summed E-state index contributed by atoms with van der Waals surface area (Å²) in [7, 11) is 0. The Bertz CT molecular complexity index is 751. The fraction of sp³-hybridized carbons (Fsp3) is 0.467. The van der Waals surface area contributed by atoms with Crippen molar-refractivity contribution < 1.29 is 5.11 Å². The van der Waals surface area contributed by atoms with Crippen molar-refractivity contribution in [1.82, 2.24) is 34.3 Å². The van der Waals surface area contributed by atoms with E-state index in [4.69, 9.17) is 0 Å². The van der Waals surface area contributed by atoms with Crippen molar-refractivity contribution in [2.24, 2.45) is 0 Å². The van der Waals surface area contributed by atoms with E-state index >= 15 is 0 Å². The van der Waals surface area contributed by atoms with Crippen molar-refractivity contribution in [1.29, 1.82) is 0 Å². The maximum atomic E-state index is 10.9. The Morgan fingerprint density at radius 3 is 3.04 bits per heavy atom. The van der Waals surface area contributed by atoms with Gasteiger partial charge in [0.1, 0.15) is 0 Å². The molecule has 1 aliphatic rings. The van der Waals surface area contributed by atoms with E-state index in [9.17, 15) is 5.11 Å². The Morgan fingerprint density at radius 2 is 2.22 bits per heavy atom. The van der Waals surface area contributed by atoms with Crippen LogP contribution in [0.25, 0.3) is 5.78 Å². The Kier molecular flexibility index (Phi) is 3.55. The third kappa shape index (κ3) is 3.08. The van der Waals surface area contributed by atoms with Gasteiger partial charge in [-0.15, -0.1) is 5.10 Å². The number of imidazole rings is 1. The van der Waals surface area contributed by atoms with E-state index in [0.29, 0.717) is 25.4 Å². The van der Waals surface area contributed by atoms with Crippen LogP contribution in [0.5, 0.6) is 0 Å². The van der Waals surface area contributed by atoms with Crippen LogP contribution in [0.2, 0.25) is 0 Å². The van der Waals surface area contributed by atoms with Crippen LogP contribution < -0.4 is 0 Å². The third-order valence-electron chi connectivity index (χ3n) is 4.23.